The van der Waals surface area contributed by atoms with E-state index in [9.17, 15) is 0 Å². The van der Waals surface area contributed by atoms with Crippen LogP contribution in [0, 0.1) is 6.92 Å². The third-order valence-corrected chi connectivity index (χ3v) is 7.29. The predicted molar refractivity (Wildman–Crippen MR) is 116 cm³/mol. The highest BCUT2D eigenvalue weighted by Crippen LogP contribution is 2.36. The number of hydrogen-bond donors (Lipinski definition) is 0. The van der Waals surface area contributed by atoms with Crippen molar-refractivity contribution in [1.82, 2.24) is 4.98 Å². The van der Waals surface area contributed by atoms with Crippen molar-refractivity contribution in [3.8, 4) is 21.7 Å². The van der Waals surface area contributed by atoms with Crippen molar-refractivity contribution in [1.29, 1.82) is 0 Å². The minimum absolute atomic E-state index is 1.07. The van der Waals surface area contributed by atoms with Crippen LogP contribution in [0.25, 0.3) is 21.7 Å². The van der Waals surface area contributed by atoms with Crippen LogP contribution in [0.2, 0.25) is 0 Å². The highest BCUT2D eigenvalue weighted by Gasteiger charge is 2.13. The van der Waals surface area contributed by atoms with E-state index in [0.717, 1.165) is 15.8 Å². The van der Waals surface area contributed by atoms with Gasteiger partial charge in [0.15, 0.2) is 0 Å². The van der Waals surface area contributed by atoms with Crippen molar-refractivity contribution in [2.75, 3.05) is 10.8 Å². The molecule has 1 nitrogen and oxygen atoms in total. The van der Waals surface area contributed by atoms with Crippen molar-refractivity contribution in [2.45, 2.75) is 31.7 Å². The molecular formula is C21H23NS3. The van der Waals surface area contributed by atoms with Crippen molar-refractivity contribution in [3.05, 3.63) is 59.5 Å². The van der Waals surface area contributed by atoms with Gasteiger partial charge in [0, 0.05) is 5.08 Å². The molecule has 4 heteroatoms. The summed E-state index contributed by atoms with van der Waals surface area (Å²) in [5.74, 6) is 1.23. The van der Waals surface area contributed by atoms with E-state index in [4.69, 9.17) is 4.98 Å². The average Bonchev–Trinajstić information content (AvgIpc) is 3.18. The van der Waals surface area contributed by atoms with Gasteiger partial charge in [-0.25, -0.2) is 4.98 Å². The Morgan fingerprint density at radius 3 is 2.64 bits per heavy atom. The third-order valence-electron chi connectivity index (χ3n) is 4.01. The molecule has 0 atom stereocenters. The quantitative estimate of drug-likeness (QED) is 0.228. The first-order valence-corrected chi connectivity index (χ1v) is 11.6. The second-order valence-corrected chi connectivity index (χ2v) is 9.23. The number of nitrogens with zero attached hydrogens (tertiary/aromatic N) is 1. The maximum atomic E-state index is 4.98. The number of unbranched alkanes of at least 4 members (excludes halogenated alkanes) is 1. The second kappa shape index (κ2) is 9.46. The molecule has 0 N–H and O–H groups in total. The molecular weight excluding hydrogens is 362 g/mol. The lowest BCUT2D eigenvalue weighted by molar-refractivity contribution is 0.897. The molecule has 0 bridgehead atoms. The molecule has 2 heterocycles. The molecule has 1 aromatic carbocycles. The van der Waals surface area contributed by atoms with Gasteiger partial charge in [-0.3, -0.25) is 0 Å². The van der Waals surface area contributed by atoms with E-state index in [0.29, 0.717) is 0 Å². The normalized spacial score (nSPS) is 11.0. The number of pyridine rings is 1. The van der Waals surface area contributed by atoms with Gasteiger partial charge in [-0.15, -0.1) is 11.3 Å². The smallest absolute Gasteiger partial charge is 0.101 e. The molecule has 130 valence electrons. The van der Waals surface area contributed by atoms with E-state index in [1.807, 2.05) is 23.5 Å². The van der Waals surface area contributed by atoms with Gasteiger partial charge in [-0.1, -0.05) is 61.5 Å². The largest absolute Gasteiger partial charge is 0.240 e. The maximum Gasteiger partial charge on any atom is 0.101 e. The maximum absolute atomic E-state index is 4.98. The molecule has 25 heavy (non-hydrogen) atoms. The average molecular weight is 386 g/mol. The molecule has 0 fully saturated rings. The Bertz CT molecular complexity index is 782. The van der Waals surface area contributed by atoms with Gasteiger partial charge in [0.05, 0.1) is 10.6 Å². The molecule has 2 aromatic heterocycles. The fourth-order valence-electron chi connectivity index (χ4n) is 2.60. The van der Waals surface area contributed by atoms with Gasteiger partial charge < -0.3 is 0 Å². The number of benzene rings is 1. The van der Waals surface area contributed by atoms with Gasteiger partial charge in [0.1, 0.15) is 5.03 Å². The monoisotopic (exact) mass is 385 g/mol. The zero-order valence-electron chi connectivity index (χ0n) is 14.7. The van der Waals surface area contributed by atoms with Crippen LogP contribution in [-0.4, -0.2) is 15.8 Å². The lowest BCUT2D eigenvalue weighted by Crippen LogP contribution is -1.94. The van der Waals surface area contributed by atoms with Crippen molar-refractivity contribution < 1.29 is 0 Å². The van der Waals surface area contributed by atoms with Crippen LogP contribution in [0.15, 0.2) is 58.9 Å². The van der Waals surface area contributed by atoms with Crippen molar-refractivity contribution >= 4 is 34.9 Å². The first-order valence-electron chi connectivity index (χ1n) is 8.61. The summed E-state index contributed by atoms with van der Waals surface area (Å²) in [6, 6.07) is 17.1. The summed E-state index contributed by atoms with van der Waals surface area (Å²) < 4.78 is 0. The van der Waals surface area contributed by atoms with Crippen molar-refractivity contribution in [2.24, 2.45) is 0 Å². The van der Waals surface area contributed by atoms with Gasteiger partial charge in [0.2, 0.25) is 0 Å². The number of thiophene rings is 1. The number of aromatic nitrogens is 1. The fraction of sp³-hybridized carbons (Fsp3) is 0.286. The number of hydrogen-bond acceptors (Lipinski definition) is 4. The fourth-order valence-corrected chi connectivity index (χ4v) is 5.52. The van der Waals surface area contributed by atoms with Crippen LogP contribution in [0.5, 0.6) is 0 Å². The first kappa shape index (κ1) is 18.6. The zero-order valence-corrected chi connectivity index (χ0v) is 17.1. The van der Waals surface area contributed by atoms with E-state index >= 15 is 0 Å². The summed E-state index contributed by atoms with van der Waals surface area (Å²) in [4.78, 5) is 6.21. The van der Waals surface area contributed by atoms with Crippen LogP contribution in [0.1, 0.15) is 25.3 Å². The van der Waals surface area contributed by atoms with Gasteiger partial charge in [-0.05, 0) is 53.3 Å². The Morgan fingerprint density at radius 1 is 1.08 bits per heavy atom. The molecule has 0 unspecified atom stereocenters. The van der Waals surface area contributed by atoms with E-state index in [1.54, 1.807) is 11.3 Å². The molecule has 0 saturated carbocycles. The van der Waals surface area contributed by atoms with Gasteiger partial charge in [0.25, 0.3) is 0 Å². The minimum Gasteiger partial charge on any atom is -0.240 e. The predicted octanol–water partition coefficient (Wildman–Crippen LogP) is 7.37. The first-order chi connectivity index (χ1) is 12.3. The molecule has 3 rings (SSSR count). The molecule has 0 spiro atoms. The Kier molecular flexibility index (Phi) is 7.02. The summed E-state index contributed by atoms with van der Waals surface area (Å²) in [5.41, 5.74) is 4.92. The molecule has 3 aromatic rings. The summed E-state index contributed by atoms with van der Waals surface area (Å²) >= 11 is 5.64. The molecule has 0 aliphatic rings. The summed E-state index contributed by atoms with van der Waals surface area (Å²) in [5, 5.41) is 4.34. The van der Waals surface area contributed by atoms with Gasteiger partial charge >= 0.3 is 0 Å². The minimum atomic E-state index is 1.07. The third kappa shape index (κ3) is 4.90. The molecule has 0 aliphatic heterocycles. The Morgan fingerprint density at radius 2 is 1.92 bits per heavy atom. The second-order valence-electron chi connectivity index (χ2n) is 5.85. The molecule has 0 amide bonds. The summed E-state index contributed by atoms with van der Waals surface area (Å²) in [6.45, 7) is 4.45. The standard InChI is InChI=1S/C21H23NS3/c1-3-4-12-23-15-25-21-16(2)18(17-9-6-5-7-10-17)14-19(22-21)20-11-8-13-24-20/h5-11,13-14H,3-4,12,15H2,1-2H3. The van der Waals surface area contributed by atoms with Crippen LogP contribution in [0.3, 0.4) is 0 Å². The van der Waals surface area contributed by atoms with E-state index in [1.165, 1.54) is 40.2 Å². The summed E-state index contributed by atoms with van der Waals surface area (Å²) in [7, 11) is 0. The number of thioether (sulfide) groups is 2. The SMILES string of the molecule is CCCCSCSc1nc(-c2cccs2)cc(-c2ccccc2)c1C. The molecule has 0 aliphatic carbocycles. The van der Waals surface area contributed by atoms with E-state index < -0.39 is 0 Å². The van der Waals surface area contributed by atoms with E-state index in [2.05, 4.69) is 67.8 Å². The van der Waals surface area contributed by atoms with Crippen LogP contribution >= 0.6 is 34.9 Å². The van der Waals surface area contributed by atoms with Crippen LogP contribution in [0.4, 0.5) is 0 Å². The highest BCUT2D eigenvalue weighted by molar-refractivity contribution is 8.15. The van der Waals surface area contributed by atoms with Crippen LogP contribution < -0.4 is 0 Å². The van der Waals surface area contributed by atoms with Crippen LogP contribution in [-0.2, 0) is 0 Å². The molecule has 0 saturated heterocycles. The highest BCUT2D eigenvalue weighted by atomic mass is 32.2. The molecule has 0 radical (unpaired) electrons. The Labute approximate surface area is 163 Å². The van der Waals surface area contributed by atoms with Crippen molar-refractivity contribution in [3.63, 3.8) is 0 Å². The number of rotatable bonds is 8. The Hall–Kier alpha value is -1.23. The summed E-state index contributed by atoms with van der Waals surface area (Å²) in [6.07, 6.45) is 2.56. The topological polar surface area (TPSA) is 12.9 Å². The van der Waals surface area contributed by atoms with Gasteiger partial charge in [-0.2, -0.15) is 11.8 Å². The Balaban J connectivity index is 1.92. The lowest BCUT2D eigenvalue weighted by Gasteiger charge is -2.13. The lowest BCUT2D eigenvalue weighted by atomic mass is 10.0. The van der Waals surface area contributed by atoms with E-state index in [-0.39, 0.29) is 0 Å². The zero-order chi connectivity index (χ0) is 17.5.